The van der Waals surface area contributed by atoms with Crippen LogP contribution in [0.4, 0.5) is 0 Å². The van der Waals surface area contributed by atoms with Crippen molar-refractivity contribution in [1.82, 2.24) is 0 Å². The maximum Gasteiger partial charge on any atom is 0.303 e. The molecule has 5 aliphatic rings. The van der Waals surface area contributed by atoms with Gasteiger partial charge in [-0.1, -0.05) is 45.3 Å². The van der Waals surface area contributed by atoms with Gasteiger partial charge in [0.15, 0.2) is 5.78 Å². The number of aliphatic carboxylic acids is 1. The molecule has 0 aromatic rings. The number of carboxylic acids is 1. The summed E-state index contributed by atoms with van der Waals surface area (Å²) in [5.41, 5.74) is 0.258. The third kappa shape index (κ3) is 2.55. The molecule has 4 heteroatoms. The van der Waals surface area contributed by atoms with Crippen LogP contribution >= 0.6 is 0 Å². The zero-order valence-electron chi connectivity index (χ0n) is 18.6. The van der Waals surface area contributed by atoms with Gasteiger partial charge in [-0.15, -0.1) is 0 Å². The molecule has 4 saturated carbocycles. The molecule has 0 aromatic carbocycles. The first kappa shape index (κ1) is 20.5. The van der Waals surface area contributed by atoms with Gasteiger partial charge in [-0.2, -0.15) is 0 Å². The Morgan fingerprint density at radius 3 is 2.73 bits per heavy atom. The van der Waals surface area contributed by atoms with E-state index in [2.05, 4.69) is 26.8 Å². The van der Waals surface area contributed by atoms with Crippen LogP contribution in [0.1, 0.15) is 72.1 Å². The molecule has 0 bridgehead atoms. The maximum absolute atomic E-state index is 12.1. The number of rotatable bonds is 5. The molecule has 30 heavy (non-hydrogen) atoms. The number of carbonyl (C=O) groups is 2. The number of hydrogen-bond donors (Lipinski definition) is 2. The Morgan fingerprint density at radius 1 is 1.27 bits per heavy atom. The van der Waals surface area contributed by atoms with Gasteiger partial charge in [-0.3, -0.25) is 9.59 Å². The summed E-state index contributed by atoms with van der Waals surface area (Å²) in [5.74, 6) is 2.25. The van der Waals surface area contributed by atoms with E-state index in [0.717, 1.165) is 32.1 Å². The van der Waals surface area contributed by atoms with E-state index in [1.807, 2.05) is 6.08 Å². The number of ketones is 1. The maximum atomic E-state index is 12.1. The van der Waals surface area contributed by atoms with E-state index in [0.29, 0.717) is 36.0 Å². The second-order valence-electron chi connectivity index (χ2n) is 11.4. The number of carboxylic acid groups (broad SMARTS) is 1. The number of aliphatic hydroxyl groups is 1. The highest BCUT2D eigenvalue weighted by atomic mass is 16.4. The number of allylic oxidation sites excluding steroid dienone is 4. The summed E-state index contributed by atoms with van der Waals surface area (Å²) in [7, 11) is 0. The van der Waals surface area contributed by atoms with Crippen LogP contribution in [0.15, 0.2) is 23.8 Å². The molecule has 0 radical (unpaired) electrons. The molecule has 0 heterocycles. The van der Waals surface area contributed by atoms with Crippen LogP contribution in [0.2, 0.25) is 0 Å². The summed E-state index contributed by atoms with van der Waals surface area (Å²) >= 11 is 0. The van der Waals surface area contributed by atoms with E-state index in [1.165, 1.54) is 12.0 Å². The Labute approximate surface area is 179 Å². The highest BCUT2D eigenvalue weighted by Crippen LogP contribution is 2.78. The van der Waals surface area contributed by atoms with Crippen molar-refractivity contribution in [3.63, 3.8) is 0 Å². The minimum absolute atomic E-state index is 0.0453. The van der Waals surface area contributed by atoms with Crippen LogP contribution < -0.4 is 0 Å². The lowest BCUT2D eigenvalue weighted by atomic mass is 9.43. The van der Waals surface area contributed by atoms with Gasteiger partial charge in [0.25, 0.3) is 0 Å². The third-order valence-corrected chi connectivity index (χ3v) is 10.3. The summed E-state index contributed by atoms with van der Waals surface area (Å²) in [5, 5.41) is 21.2. The molecular formula is C26H36O4. The fourth-order valence-corrected chi connectivity index (χ4v) is 8.89. The van der Waals surface area contributed by atoms with Crippen molar-refractivity contribution < 1.29 is 19.8 Å². The van der Waals surface area contributed by atoms with Crippen LogP contribution in [0, 0.1) is 46.3 Å². The van der Waals surface area contributed by atoms with Crippen LogP contribution in [-0.2, 0) is 9.59 Å². The largest absolute Gasteiger partial charge is 0.481 e. The van der Waals surface area contributed by atoms with Crippen molar-refractivity contribution in [3.8, 4) is 0 Å². The molecule has 4 fully saturated rings. The van der Waals surface area contributed by atoms with E-state index in [1.54, 1.807) is 6.08 Å². The van der Waals surface area contributed by atoms with E-state index in [-0.39, 0.29) is 29.0 Å². The van der Waals surface area contributed by atoms with E-state index < -0.39 is 11.6 Å². The SMILES string of the molecule is CCC[C@@H]1CC2=CC(=O)C=C[C@]2(C)[C@H]2CC[C@@]3(C)[C@@H]([C@H]4C[C@H]4[C@@]3(O)CCC(=O)O)[C@H]12. The van der Waals surface area contributed by atoms with Crippen molar-refractivity contribution >= 4 is 11.8 Å². The summed E-state index contributed by atoms with van der Waals surface area (Å²) < 4.78 is 0. The van der Waals surface area contributed by atoms with Crippen molar-refractivity contribution in [2.24, 2.45) is 46.3 Å². The molecule has 9 atom stereocenters. The first-order chi connectivity index (χ1) is 14.2. The average Bonchev–Trinajstić information content (AvgIpc) is 3.45. The monoisotopic (exact) mass is 412 g/mol. The summed E-state index contributed by atoms with van der Waals surface area (Å²) in [6.45, 7) is 6.86. The fourth-order valence-electron chi connectivity index (χ4n) is 8.89. The second kappa shape index (κ2) is 6.54. The van der Waals surface area contributed by atoms with E-state index >= 15 is 0 Å². The van der Waals surface area contributed by atoms with Gasteiger partial charge in [0.1, 0.15) is 0 Å². The lowest BCUT2D eigenvalue weighted by molar-refractivity contribution is -0.162. The molecule has 0 aromatic heterocycles. The van der Waals surface area contributed by atoms with Crippen LogP contribution in [-0.4, -0.2) is 27.6 Å². The van der Waals surface area contributed by atoms with Gasteiger partial charge < -0.3 is 10.2 Å². The molecule has 164 valence electrons. The highest BCUT2D eigenvalue weighted by Gasteiger charge is 2.76. The van der Waals surface area contributed by atoms with Crippen molar-refractivity contribution in [2.45, 2.75) is 77.7 Å². The van der Waals surface area contributed by atoms with Crippen molar-refractivity contribution in [3.05, 3.63) is 23.8 Å². The minimum Gasteiger partial charge on any atom is -0.481 e. The quantitative estimate of drug-likeness (QED) is 0.682. The molecule has 0 amide bonds. The standard InChI is InChI=1S/C26H36O4/c1-4-5-15-12-16-13-17(27)6-9-24(16,2)19-7-10-25(3)23(22(15)19)18-14-20(18)26(25,30)11-8-21(28)29/h6,9,13,15,18-20,22-23,30H,4-5,7-8,10-12,14H2,1-3H3,(H,28,29)/t15-,18+,19+,20-,22-,23+,24+,25+,26+/m1/s1. The molecule has 5 aliphatic carbocycles. The minimum atomic E-state index is -0.835. The number of carbonyl (C=O) groups excluding carboxylic acids is 1. The molecule has 4 nitrogen and oxygen atoms in total. The third-order valence-electron chi connectivity index (χ3n) is 10.3. The zero-order valence-corrected chi connectivity index (χ0v) is 18.6. The highest BCUT2D eigenvalue weighted by molar-refractivity contribution is 6.01. The second-order valence-corrected chi connectivity index (χ2v) is 11.4. The van der Waals surface area contributed by atoms with Gasteiger partial charge >= 0.3 is 5.97 Å². The van der Waals surface area contributed by atoms with Crippen molar-refractivity contribution in [2.75, 3.05) is 0 Å². The average molecular weight is 413 g/mol. The normalized spacial score (nSPS) is 50.8. The van der Waals surface area contributed by atoms with Gasteiger partial charge in [-0.25, -0.2) is 0 Å². The molecule has 2 N–H and O–H groups in total. The summed E-state index contributed by atoms with van der Waals surface area (Å²) in [4.78, 5) is 23.5. The lowest BCUT2D eigenvalue weighted by Crippen LogP contribution is -2.58. The molecule has 5 rings (SSSR count). The summed E-state index contributed by atoms with van der Waals surface area (Å²) in [6.07, 6.45) is 12.7. The van der Waals surface area contributed by atoms with Gasteiger partial charge in [0, 0.05) is 11.8 Å². The van der Waals surface area contributed by atoms with Gasteiger partial charge in [0.05, 0.1) is 5.60 Å². The van der Waals surface area contributed by atoms with Crippen LogP contribution in [0.25, 0.3) is 0 Å². The Bertz CT molecular complexity index is 842. The van der Waals surface area contributed by atoms with E-state index in [9.17, 15) is 19.8 Å². The Hall–Kier alpha value is -1.42. The lowest BCUT2D eigenvalue weighted by Gasteiger charge is -2.61. The van der Waals surface area contributed by atoms with Crippen LogP contribution in [0.3, 0.4) is 0 Å². The molecule has 0 spiro atoms. The number of hydrogen-bond acceptors (Lipinski definition) is 3. The molecule has 0 saturated heterocycles. The predicted octanol–water partition coefficient (Wildman–Crippen LogP) is 4.77. The first-order valence-corrected chi connectivity index (χ1v) is 12.0. The first-order valence-electron chi connectivity index (χ1n) is 12.0. The Kier molecular flexibility index (Phi) is 4.47. The van der Waals surface area contributed by atoms with Crippen LogP contribution in [0.5, 0.6) is 0 Å². The number of fused-ring (bicyclic) bond motifs is 7. The fraction of sp³-hybridized carbons (Fsp3) is 0.769. The smallest absolute Gasteiger partial charge is 0.303 e. The molecule has 0 aliphatic heterocycles. The summed E-state index contributed by atoms with van der Waals surface area (Å²) in [6, 6.07) is 0. The van der Waals surface area contributed by atoms with E-state index in [4.69, 9.17) is 0 Å². The molecule has 0 unspecified atom stereocenters. The Balaban J connectivity index is 1.54. The molecular weight excluding hydrogens is 376 g/mol. The zero-order chi connectivity index (χ0) is 21.5. The van der Waals surface area contributed by atoms with Gasteiger partial charge in [0.2, 0.25) is 0 Å². The topological polar surface area (TPSA) is 74.6 Å². The Morgan fingerprint density at radius 2 is 2.03 bits per heavy atom. The van der Waals surface area contributed by atoms with Gasteiger partial charge in [-0.05, 0) is 85.2 Å². The van der Waals surface area contributed by atoms with Crippen molar-refractivity contribution in [1.29, 1.82) is 0 Å². The predicted molar refractivity (Wildman–Crippen MR) is 115 cm³/mol.